The van der Waals surface area contributed by atoms with Crippen LogP contribution in [-0.2, 0) is 26.2 Å². The number of rotatable bonds is 9. The Hall–Kier alpha value is -2.65. The van der Waals surface area contributed by atoms with E-state index in [9.17, 15) is 18.0 Å². The maximum atomic E-state index is 13.6. The maximum Gasteiger partial charge on any atom is 0.243 e. The van der Waals surface area contributed by atoms with Crippen molar-refractivity contribution in [2.24, 2.45) is 0 Å². The summed E-state index contributed by atoms with van der Waals surface area (Å²) in [7, 11) is -2.63. The number of nitrogens with one attached hydrogen (secondary N) is 1. The predicted molar refractivity (Wildman–Crippen MR) is 151 cm³/mol. The van der Waals surface area contributed by atoms with Crippen molar-refractivity contribution in [2.45, 2.75) is 56.1 Å². The summed E-state index contributed by atoms with van der Waals surface area (Å²) in [4.78, 5) is 28.2. The molecule has 1 aliphatic rings. The molecule has 0 radical (unpaired) electrons. The Balaban J connectivity index is 1.58. The molecular weight excluding hydrogens is 545 g/mol. The lowest BCUT2D eigenvalue weighted by Crippen LogP contribution is -2.52. The standard InChI is InChI=1S/C28H31Cl2N3O4S/c1-19(28(35)31-22-10-5-6-11-22)33(17-24-25(29)12-7-13-26(24)30)27(34)18-32(2)38(36,37)23-15-14-20-8-3-4-9-21(20)16-23/h3-4,7-9,12-16,19,22H,5-6,10-11,17-18H2,1-2H3,(H,31,35). The van der Waals surface area contributed by atoms with Crippen LogP contribution in [0.5, 0.6) is 0 Å². The number of halogens is 2. The summed E-state index contributed by atoms with van der Waals surface area (Å²) in [5.74, 6) is -0.838. The SMILES string of the molecule is CC(C(=O)NC1CCCC1)N(Cc1c(Cl)cccc1Cl)C(=O)CN(C)S(=O)(=O)c1ccc2ccccc2c1. The second kappa shape index (κ2) is 12.0. The summed E-state index contributed by atoms with van der Waals surface area (Å²) >= 11 is 12.8. The van der Waals surface area contributed by atoms with Crippen LogP contribution in [0, 0.1) is 0 Å². The molecule has 38 heavy (non-hydrogen) atoms. The molecule has 0 bridgehead atoms. The van der Waals surface area contributed by atoms with Crippen LogP contribution in [0.1, 0.15) is 38.2 Å². The van der Waals surface area contributed by atoms with Gasteiger partial charge in [-0.2, -0.15) is 4.31 Å². The summed E-state index contributed by atoms with van der Waals surface area (Å²) in [5, 5.41) is 5.43. The number of benzene rings is 3. The zero-order chi connectivity index (χ0) is 27.4. The molecule has 1 atom stereocenters. The van der Waals surface area contributed by atoms with Crippen LogP contribution in [0.4, 0.5) is 0 Å². The third-order valence-electron chi connectivity index (χ3n) is 7.05. The fraction of sp³-hybridized carbons (Fsp3) is 0.357. The third kappa shape index (κ3) is 6.31. The van der Waals surface area contributed by atoms with Gasteiger partial charge in [0, 0.05) is 35.2 Å². The molecule has 1 saturated carbocycles. The molecule has 0 aromatic heterocycles. The molecule has 0 heterocycles. The van der Waals surface area contributed by atoms with Crippen molar-refractivity contribution in [3.8, 4) is 0 Å². The van der Waals surface area contributed by atoms with Gasteiger partial charge in [-0.25, -0.2) is 8.42 Å². The van der Waals surface area contributed by atoms with Crippen LogP contribution in [-0.4, -0.2) is 55.1 Å². The second-order valence-electron chi connectivity index (χ2n) is 9.66. The fourth-order valence-corrected chi connectivity index (χ4v) is 6.38. The smallest absolute Gasteiger partial charge is 0.243 e. The lowest BCUT2D eigenvalue weighted by Gasteiger charge is -2.31. The Morgan fingerprint density at radius 1 is 0.974 bits per heavy atom. The molecular formula is C28H31Cl2N3O4S. The summed E-state index contributed by atoms with van der Waals surface area (Å²) in [6.45, 7) is 1.13. The first-order chi connectivity index (χ1) is 18.1. The van der Waals surface area contributed by atoms with E-state index in [1.165, 1.54) is 18.0 Å². The normalized spacial score (nSPS) is 15.1. The van der Waals surface area contributed by atoms with Gasteiger partial charge in [0.25, 0.3) is 0 Å². The van der Waals surface area contributed by atoms with Crippen molar-refractivity contribution < 1.29 is 18.0 Å². The Bertz CT molecular complexity index is 1420. The summed E-state index contributed by atoms with van der Waals surface area (Å²) in [6, 6.07) is 16.5. The molecule has 7 nitrogen and oxygen atoms in total. The zero-order valence-electron chi connectivity index (χ0n) is 21.4. The molecule has 1 aliphatic carbocycles. The molecule has 4 rings (SSSR count). The minimum Gasteiger partial charge on any atom is -0.352 e. The number of carbonyl (C=O) groups is 2. The topological polar surface area (TPSA) is 86.8 Å². The van der Waals surface area contributed by atoms with E-state index >= 15 is 0 Å². The van der Waals surface area contributed by atoms with Gasteiger partial charge in [-0.3, -0.25) is 9.59 Å². The number of amides is 2. The van der Waals surface area contributed by atoms with Crippen LogP contribution < -0.4 is 5.32 Å². The second-order valence-corrected chi connectivity index (χ2v) is 12.5. The lowest BCUT2D eigenvalue weighted by atomic mass is 10.1. The molecule has 1 fully saturated rings. The highest BCUT2D eigenvalue weighted by Crippen LogP contribution is 2.27. The minimum atomic E-state index is -3.98. The molecule has 0 saturated heterocycles. The van der Waals surface area contributed by atoms with Crippen LogP contribution in [0.2, 0.25) is 10.0 Å². The average molecular weight is 577 g/mol. The molecule has 1 unspecified atom stereocenters. The van der Waals surface area contributed by atoms with Gasteiger partial charge >= 0.3 is 0 Å². The summed E-state index contributed by atoms with van der Waals surface area (Å²) in [5.41, 5.74) is 0.490. The maximum absolute atomic E-state index is 13.6. The first kappa shape index (κ1) is 28.4. The predicted octanol–water partition coefficient (Wildman–Crippen LogP) is 5.24. The van der Waals surface area contributed by atoms with Crippen molar-refractivity contribution in [1.82, 2.24) is 14.5 Å². The highest BCUT2D eigenvalue weighted by atomic mass is 35.5. The van der Waals surface area contributed by atoms with Gasteiger partial charge in [-0.1, -0.05) is 72.4 Å². The highest BCUT2D eigenvalue weighted by Gasteiger charge is 2.32. The van der Waals surface area contributed by atoms with Gasteiger partial charge < -0.3 is 10.2 Å². The van der Waals surface area contributed by atoms with E-state index in [4.69, 9.17) is 23.2 Å². The fourth-order valence-electron chi connectivity index (χ4n) is 4.70. The molecule has 10 heteroatoms. The van der Waals surface area contributed by atoms with Crippen LogP contribution in [0.15, 0.2) is 65.6 Å². The summed E-state index contributed by atoms with van der Waals surface area (Å²) in [6.07, 6.45) is 3.90. The van der Waals surface area contributed by atoms with Gasteiger partial charge in [0.2, 0.25) is 21.8 Å². The lowest BCUT2D eigenvalue weighted by molar-refractivity contribution is -0.140. The Morgan fingerprint density at radius 2 is 1.61 bits per heavy atom. The van der Waals surface area contributed by atoms with Gasteiger partial charge in [0.15, 0.2) is 0 Å². The van der Waals surface area contributed by atoms with E-state index in [1.54, 1.807) is 37.3 Å². The number of sulfonamides is 1. The first-order valence-electron chi connectivity index (χ1n) is 12.6. The Labute approximate surface area is 233 Å². The van der Waals surface area contributed by atoms with Crippen molar-refractivity contribution in [1.29, 1.82) is 0 Å². The molecule has 1 N–H and O–H groups in total. The van der Waals surface area contributed by atoms with E-state index in [0.717, 1.165) is 40.8 Å². The van der Waals surface area contributed by atoms with Crippen LogP contribution in [0.25, 0.3) is 10.8 Å². The molecule has 202 valence electrons. The first-order valence-corrected chi connectivity index (χ1v) is 14.8. The molecule has 3 aromatic carbocycles. The van der Waals surface area contributed by atoms with Gasteiger partial charge in [0.1, 0.15) is 6.04 Å². The molecule has 0 aliphatic heterocycles. The number of hydrogen-bond donors (Lipinski definition) is 1. The van der Waals surface area contributed by atoms with Crippen LogP contribution in [0.3, 0.4) is 0 Å². The van der Waals surface area contributed by atoms with Crippen molar-refractivity contribution in [3.63, 3.8) is 0 Å². The average Bonchev–Trinajstić information content (AvgIpc) is 3.40. The Kier molecular flexibility index (Phi) is 8.98. The van der Waals surface area contributed by atoms with Crippen LogP contribution >= 0.6 is 23.2 Å². The van der Waals surface area contributed by atoms with Gasteiger partial charge in [-0.15, -0.1) is 0 Å². The van der Waals surface area contributed by atoms with E-state index in [0.29, 0.717) is 15.6 Å². The number of carbonyl (C=O) groups excluding carboxylic acids is 2. The number of likely N-dealkylation sites (N-methyl/N-ethyl adjacent to an activating group) is 1. The van der Waals surface area contributed by atoms with Gasteiger partial charge in [0.05, 0.1) is 11.4 Å². The van der Waals surface area contributed by atoms with Crippen molar-refractivity contribution in [2.75, 3.05) is 13.6 Å². The number of hydrogen-bond acceptors (Lipinski definition) is 4. The van der Waals surface area contributed by atoms with E-state index in [-0.39, 0.29) is 23.4 Å². The molecule has 0 spiro atoms. The zero-order valence-corrected chi connectivity index (χ0v) is 23.7. The van der Waals surface area contributed by atoms with Crippen molar-refractivity contribution >= 4 is 55.8 Å². The van der Waals surface area contributed by atoms with E-state index in [1.807, 2.05) is 24.3 Å². The number of fused-ring (bicyclic) bond motifs is 1. The molecule has 3 aromatic rings. The molecule has 2 amide bonds. The Morgan fingerprint density at radius 3 is 2.26 bits per heavy atom. The van der Waals surface area contributed by atoms with Crippen molar-refractivity contribution in [3.05, 3.63) is 76.3 Å². The van der Waals surface area contributed by atoms with E-state index < -0.39 is 28.5 Å². The largest absolute Gasteiger partial charge is 0.352 e. The monoisotopic (exact) mass is 575 g/mol. The third-order valence-corrected chi connectivity index (χ3v) is 9.55. The highest BCUT2D eigenvalue weighted by molar-refractivity contribution is 7.89. The number of nitrogens with zero attached hydrogens (tertiary/aromatic N) is 2. The van der Waals surface area contributed by atoms with Gasteiger partial charge in [-0.05, 0) is 54.8 Å². The minimum absolute atomic E-state index is 0.0412. The quantitative estimate of drug-likeness (QED) is 0.378. The van der Waals surface area contributed by atoms with E-state index in [2.05, 4.69) is 5.32 Å². The summed E-state index contributed by atoms with van der Waals surface area (Å²) < 4.78 is 27.7.